The Morgan fingerprint density at radius 1 is 1.80 bits per heavy atom. The largest absolute Gasteiger partial charge is 0.384 e. The highest BCUT2D eigenvalue weighted by atomic mass is 16.2. The monoisotopic (exact) mass is 139 g/mol. The average Bonchev–Trinajstić information content (AvgIpc) is 2.15. The minimum atomic E-state index is -0.136. The fourth-order valence-electron chi connectivity index (χ4n) is 0.665. The average molecular weight is 139 g/mol. The third-order valence-corrected chi connectivity index (χ3v) is 1.06. The van der Waals surface area contributed by atoms with Crippen molar-refractivity contribution in [2.45, 2.75) is 6.92 Å². The van der Waals surface area contributed by atoms with Crippen molar-refractivity contribution in [1.29, 1.82) is 0 Å². The van der Waals surface area contributed by atoms with Gasteiger partial charge >= 0.3 is 0 Å². The zero-order valence-electron chi connectivity index (χ0n) is 5.66. The number of amides is 1. The van der Waals surface area contributed by atoms with Gasteiger partial charge in [0.05, 0.1) is 0 Å². The number of anilines is 1. The van der Waals surface area contributed by atoms with Gasteiger partial charge in [-0.2, -0.15) is 0 Å². The molecule has 4 nitrogen and oxygen atoms in total. The lowest BCUT2D eigenvalue weighted by Gasteiger charge is -2.03. The molecule has 1 heterocycles. The zero-order chi connectivity index (χ0) is 7.56. The molecule has 0 bridgehead atoms. The van der Waals surface area contributed by atoms with Gasteiger partial charge in [0.2, 0.25) is 5.91 Å². The third kappa shape index (κ3) is 1.28. The molecule has 0 aliphatic carbocycles. The van der Waals surface area contributed by atoms with Crippen molar-refractivity contribution in [3.05, 3.63) is 18.3 Å². The fourth-order valence-corrected chi connectivity index (χ4v) is 0.665. The Balaban J connectivity index is 2.74. The summed E-state index contributed by atoms with van der Waals surface area (Å²) >= 11 is 0. The number of carbonyl (C=O) groups is 1. The Morgan fingerprint density at radius 3 is 2.90 bits per heavy atom. The van der Waals surface area contributed by atoms with Gasteiger partial charge in [-0.05, 0) is 12.1 Å². The molecule has 0 spiro atoms. The van der Waals surface area contributed by atoms with E-state index in [-0.39, 0.29) is 5.91 Å². The van der Waals surface area contributed by atoms with Crippen LogP contribution in [0.4, 0.5) is 5.82 Å². The molecule has 0 aromatic carbocycles. The number of rotatable bonds is 1. The lowest BCUT2D eigenvalue weighted by atomic mass is 10.6. The van der Waals surface area contributed by atoms with Gasteiger partial charge < -0.3 is 5.73 Å². The van der Waals surface area contributed by atoms with Crippen LogP contribution in [0, 0.1) is 0 Å². The van der Waals surface area contributed by atoms with Crippen LogP contribution in [-0.4, -0.2) is 10.6 Å². The number of nitrogen functional groups attached to an aromatic ring is 1. The van der Waals surface area contributed by atoms with E-state index in [1.54, 1.807) is 18.3 Å². The molecular weight excluding hydrogens is 130 g/mol. The van der Waals surface area contributed by atoms with Crippen LogP contribution in [0.3, 0.4) is 0 Å². The van der Waals surface area contributed by atoms with E-state index < -0.39 is 0 Å². The van der Waals surface area contributed by atoms with Crippen molar-refractivity contribution >= 4 is 11.7 Å². The molecular formula is C6H9N3O. The minimum Gasteiger partial charge on any atom is -0.384 e. The summed E-state index contributed by atoms with van der Waals surface area (Å²) in [6.45, 7) is 1.43. The number of hydrogen-bond donors (Lipinski definition) is 2. The summed E-state index contributed by atoms with van der Waals surface area (Å²) in [6, 6.07) is 3.46. The van der Waals surface area contributed by atoms with E-state index >= 15 is 0 Å². The lowest BCUT2D eigenvalue weighted by Crippen LogP contribution is -2.20. The van der Waals surface area contributed by atoms with Crippen molar-refractivity contribution in [3.63, 3.8) is 0 Å². The SMILES string of the molecule is CC(=O)Nn1cccc1N. The fraction of sp³-hybridized carbons (Fsp3) is 0.167. The van der Waals surface area contributed by atoms with Gasteiger partial charge in [-0.25, -0.2) is 4.68 Å². The standard InChI is InChI=1S/C6H9N3O/c1-5(10)8-9-4-2-3-6(9)7/h2-4H,7H2,1H3,(H,8,10). The maximum Gasteiger partial charge on any atom is 0.235 e. The van der Waals surface area contributed by atoms with Crippen LogP contribution >= 0.6 is 0 Å². The van der Waals surface area contributed by atoms with Gasteiger partial charge in [0, 0.05) is 13.1 Å². The van der Waals surface area contributed by atoms with Crippen LogP contribution in [0.1, 0.15) is 6.92 Å². The van der Waals surface area contributed by atoms with E-state index in [1.807, 2.05) is 0 Å². The first-order valence-electron chi connectivity index (χ1n) is 2.90. The molecule has 0 radical (unpaired) electrons. The summed E-state index contributed by atoms with van der Waals surface area (Å²) in [5.74, 6) is 0.387. The summed E-state index contributed by atoms with van der Waals surface area (Å²) in [5, 5.41) is 0. The van der Waals surface area contributed by atoms with Crippen molar-refractivity contribution in [1.82, 2.24) is 4.68 Å². The van der Waals surface area contributed by atoms with Gasteiger partial charge in [0.15, 0.2) is 0 Å². The van der Waals surface area contributed by atoms with E-state index in [9.17, 15) is 4.79 Å². The molecule has 54 valence electrons. The molecule has 0 unspecified atom stereocenters. The summed E-state index contributed by atoms with van der Waals surface area (Å²) in [4.78, 5) is 10.5. The molecule has 3 N–H and O–H groups in total. The van der Waals surface area contributed by atoms with Crippen LogP contribution in [0.2, 0.25) is 0 Å². The second-order valence-corrected chi connectivity index (χ2v) is 1.97. The second kappa shape index (κ2) is 2.43. The molecule has 0 fully saturated rings. The number of carbonyl (C=O) groups excluding carboxylic acids is 1. The highest BCUT2D eigenvalue weighted by molar-refractivity contribution is 5.81. The number of nitrogens with zero attached hydrogens (tertiary/aromatic N) is 1. The highest BCUT2D eigenvalue weighted by Gasteiger charge is 1.94. The van der Waals surface area contributed by atoms with Crippen molar-refractivity contribution < 1.29 is 4.79 Å². The van der Waals surface area contributed by atoms with Crippen molar-refractivity contribution in [2.24, 2.45) is 0 Å². The predicted molar refractivity (Wildman–Crippen MR) is 38.9 cm³/mol. The second-order valence-electron chi connectivity index (χ2n) is 1.97. The first-order chi connectivity index (χ1) is 4.70. The van der Waals surface area contributed by atoms with Gasteiger partial charge in [-0.3, -0.25) is 10.2 Å². The van der Waals surface area contributed by atoms with Crippen molar-refractivity contribution in [3.8, 4) is 0 Å². The normalized spacial score (nSPS) is 9.30. The Labute approximate surface area is 58.6 Å². The topological polar surface area (TPSA) is 60.0 Å². The highest BCUT2D eigenvalue weighted by Crippen LogP contribution is 1.98. The van der Waals surface area contributed by atoms with Gasteiger partial charge in [-0.15, -0.1) is 0 Å². The van der Waals surface area contributed by atoms with E-state index in [4.69, 9.17) is 5.73 Å². The Bertz CT molecular complexity index is 241. The van der Waals surface area contributed by atoms with Crippen LogP contribution in [0.25, 0.3) is 0 Å². The maximum absolute atomic E-state index is 10.5. The molecule has 1 amide bonds. The van der Waals surface area contributed by atoms with Crippen LogP contribution in [-0.2, 0) is 4.79 Å². The lowest BCUT2D eigenvalue weighted by molar-refractivity contribution is -0.115. The molecule has 0 saturated carbocycles. The summed E-state index contributed by atoms with van der Waals surface area (Å²) in [6.07, 6.45) is 1.68. The van der Waals surface area contributed by atoms with E-state index in [0.29, 0.717) is 5.82 Å². The Kier molecular flexibility index (Phi) is 1.62. The van der Waals surface area contributed by atoms with E-state index in [1.165, 1.54) is 11.6 Å². The quantitative estimate of drug-likeness (QED) is 0.582. The predicted octanol–water partition coefficient (Wildman–Crippen LogP) is 0.160. The maximum atomic E-state index is 10.5. The van der Waals surface area contributed by atoms with Gasteiger partial charge in [-0.1, -0.05) is 0 Å². The molecule has 1 rings (SSSR count). The number of hydrogen-bond acceptors (Lipinski definition) is 2. The van der Waals surface area contributed by atoms with Crippen LogP contribution < -0.4 is 11.2 Å². The van der Waals surface area contributed by atoms with Gasteiger partial charge in [0.1, 0.15) is 5.82 Å². The molecule has 10 heavy (non-hydrogen) atoms. The van der Waals surface area contributed by atoms with Crippen LogP contribution in [0.5, 0.6) is 0 Å². The Morgan fingerprint density at radius 2 is 2.50 bits per heavy atom. The minimum absolute atomic E-state index is 0.136. The first kappa shape index (κ1) is 6.67. The number of nitrogens with one attached hydrogen (secondary N) is 1. The smallest absolute Gasteiger partial charge is 0.235 e. The Hall–Kier alpha value is -1.45. The zero-order valence-corrected chi connectivity index (χ0v) is 5.66. The third-order valence-electron chi connectivity index (χ3n) is 1.06. The summed E-state index contributed by atoms with van der Waals surface area (Å²) in [7, 11) is 0. The molecule has 1 aromatic heterocycles. The molecule has 0 aliphatic heterocycles. The molecule has 4 heteroatoms. The number of aromatic nitrogens is 1. The van der Waals surface area contributed by atoms with Gasteiger partial charge in [0.25, 0.3) is 0 Å². The molecule has 0 atom stereocenters. The van der Waals surface area contributed by atoms with Crippen LogP contribution in [0.15, 0.2) is 18.3 Å². The summed E-state index contributed by atoms with van der Waals surface area (Å²) < 4.78 is 1.46. The van der Waals surface area contributed by atoms with Crippen molar-refractivity contribution in [2.75, 3.05) is 11.2 Å². The molecule has 0 aliphatic rings. The first-order valence-corrected chi connectivity index (χ1v) is 2.90. The van der Waals surface area contributed by atoms with E-state index in [2.05, 4.69) is 5.43 Å². The van der Waals surface area contributed by atoms with E-state index in [0.717, 1.165) is 0 Å². The number of nitrogens with two attached hydrogens (primary N) is 1. The molecule has 0 saturated heterocycles. The molecule has 1 aromatic rings. The summed E-state index contributed by atoms with van der Waals surface area (Å²) in [5.41, 5.74) is 7.94.